The molecule has 0 amide bonds. The summed E-state index contributed by atoms with van der Waals surface area (Å²) in [5.74, 6) is -1.03. The molecule has 0 aliphatic rings. The minimum Gasteiger partial charge on any atom is -0.382 e. The Bertz CT molecular complexity index is 95.6. The van der Waals surface area contributed by atoms with Crippen LogP contribution in [0.15, 0.2) is 0 Å². The van der Waals surface area contributed by atoms with Gasteiger partial charge in [-0.25, -0.2) is 4.79 Å². The fraction of sp³-hybridized carbons (Fsp3) is 0.800. The standard InChI is InChI=1S/C5H9FO4/c1-8-2-3-9-4-5(7)10-6/h2-4H2,1H3. The lowest BCUT2D eigenvalue weighted by Crippen LogP contribution is -2.11. The molecule has 0 aromatic heterocycles. The van der Waals surface area contributed by atoms with E-state index < -0.39 is 5.97 Å². The lowest BCUT2D eigenvalue weighted by Gasteiger charge is -1.98. The van der Waals surface area contributed by atoms with E-state index in [9.17, 15) is 9.32 Å². The predicted molar refractivity (Wildman–Crippen MR) is 29.9 cm³/mol. The second-order valence-electron chi connectivity index (χ2n) is 1.49. The van der Waals surface area contributed by atoms with E-state index in [4.69, 9.17) is 0 Å². The Kier molecular flexibility index (Phi) is 6.00. The van der Waals surface area contributed by atoms with Crippen LogP contribution in [0.4, 0.5) is 4.53 Å². The Labute approximate surface area is 57.8 Å². The summed E-state index contributed by atoms with van der Waals surface area (Å²) < 4.78 is 20.1. The molecule has 0 saturated heterocycles. The molecule has 0 saturated carbocycles. The highest BCUT2D eigenvalue weighted by atomic mass is 19.3. The van der Waals surface area contributed by atoms with E-state index in [1.807, 2.05) is 0 Å². The van der Waals surface area contributed by atoms with E-state index in [1.165, 1.54) is 7.11 Å². The molecule has 0 rings (SSSR count). The van der Waals surface area contributed by atoms with Crippen LogP contribution in [0, 0.1) is 0 Å². The van der Waals surface area contributed by atoms with Crippen LogP contribution in [0.5, 0.6) is 0 Å². The minimum atomic E-state index is -1.03. The lowest BCUT2D eigenvalue weighted by atomic mass is 10.7. The van der Waals surface area contributed by atoms with E-state index in [2.05, 4.69) is 14.4 Å². The van der Waals surface area contributed by atoms with Crippen LogP contribution in [0.2, 0.25) is 0 Å². The van der Waals surface area contributed by atoms with Gasteiger partial charge in [0.2, 0.25) is 0 Å². The summed E-state index contributed by atoms with van der Waals surface area (Å²) in [4.78, 5) is 12.8. The van der Waals surface area contributed by atoms with Crippen LogP contribution >= 0.6 is 0 Å². The van der Waals surface area contributed by atoms with Gasteiger partial charge in [-0.15, -0.1) is 0 Å². The Hall–Kier alpha value is -0.680. The molecule has 0 spiro atoms. The predicted octanol–water partition coefficient (Wildman–Crippen LogP) is 0.0771. The first-order valence-electron chi connectivity index (χ1n) is 2.69. The summed E-state index contributed by atoms with van der Waals surface area (Å²) >= 11 is 0. The third-order valence-electron chi connectivity index (χ3n) is 0.738. The summed E-state index contributed by atoms with van der Waals surface area (Å²) in [6, 6.07) is 0. The summed E-state index contributed by atoms with van der Waals surface area (Å²) in [6.07, 6.45) is 0. The molecule has 0 N–H and O–H groups in total. The second kappa shape index (κ2) is 6.44. The van der Waals surface area contributed by atoms with Crippen molar-refractivity contribution in [2.45, 2.75) is 0 Å². The molecule has 0 unspecified atom stereocenters. The van der Waals surface area contributed by atoms with Gasteiger partial charge in [-0.05, 0) is 0 Å². The number of rotatable bonds is 5. The van der Waals surface area contributed by atoms with Crippen molar-refractivity contribution in [3.05, 3.63) is 0 Å². The SMILES string of the molecule is COCCOCC(=O)OF. The molecule has 0 atom stereocenters. The van der Waals surface area contributed by atoms with Gasteiger partial charge in [0.25, 0.3) is 0 Å². The molecule has 0 aromatic rings. The minimum absolute atomic E-state index is 0.256. The van der Waals surface area contributed by atoms with E-state index in [0.717, 1.165) is 0 Å². The zero-order chi connectivity index (χ0) is 7.82. The highest BCUT2D eigenvalue weighted by Crippen LogP contribution is 1.81. The average Bonchev–Trinajstić information content (AvgIpc) is 1.98. The number of halogens is 1. The van der Waals surface area contributed by atoms with Crippen molar-refractivity contribution in [1.82, 2.24) is 0 Å². The normalized spacial score (nSPS) is 9.40. The molecule has 0 bridgehead atoms. The molecular formula is C5H9FO4. The third-order valence-corrected chi connectivity index (χ3v) is 0.738. The van der Waals surface area contributed by atoms with Crippen LogP contribution in [-0.2, 0) is 19.2 Å². The van der Waals surface area contributed by atoms with E-state index in [0.29, 0.717) is 6.61 Å². The quantitative estimate of drug-likeness (QED) is 0.523. The number of ether oxygens (including phenoxy) is 2. The van der Waals surface area contributed by atoms with E-state index in [1.54, 1.807) is 0 Å². The first kappa shape index (κ1) is 9.32. The zero-order valence-corrected chi connectivity index (χ0v) is 5.63. The molecule has 60 valence electrons. The first-order valence-corrected chi connectivity index (χ1v) is 2.69. The van der Waals surface area contributed by atoms with Crippen molar-refractivity contribution in [2.24, 2.45) is 0 Å². The molecule has 5 heteroatoms. The van der Waals surface area contributed by atoms with Crippen LogP contribution in [0.1, 0.15) is 0 Å². The molecule has 0 aliphatic carbocycles. The molecule has 4 nitrogen and oxygen atoms in total. The molecule has 0 radical (unpaired) electrons. The van der Waals surface area contributed by atoms with Crippen LogP contribution in [-0.4, -0.2) is 32.9 Å². The Morgan fingerprint density at radius 2 is 2.20 bits per heavy atom. The zero-order valence-electron chi connectivity index (χ0n) is 5.63. The van der Waals surface area contributed by atoms with Crippen molar-refractivity contribution >= 4 is 5.97 Å². The number of hydrogen-bond donors (Lipinski definition) is 0. The molecular weight excluding hydrogens is 143 g/mol. The van der Waals surface area contributed by atoms with Gasteiger partial charge in [-0.1, -0.05) is 0 Å². The van der Waals surface area contributed by atoms with Gasteiger partial charge >= 0.3 is 5.97 Å². The Morgan fingerprint density at radius 3 is 2.70 bits per heavy atom. The number of carbonyl (C=O) groups is 1. The van der Waals surface area contributed by atoms with Crippen molar-refractivity contribution in [3.63, 3.8) is 0 Å². The lowest BCUT2D eigenvalue weighted by molar-refractivity contribution is -0.189. The van der Waals surface area contributed by atoms with Crippen LogP contribution in [0.25, 0.3) is 0 Å². The average molecular weight is 152 g/mol. The van der Waals surface area contributed by atoms with Gasteiger partial charge in [0.05, 0.1) is 13.2 Å². The highest BCUT2D eigenvalue weighted by Gasteiger charge is 2.00. The maximum Gasteiger partial charge on any atom is 0.374 e. The number of methoxy groups -OCH3 is 1. The Balaban J connectivity index is 2.96. The number of carbonyl (C=O) groups excluding carboxylic acids is 1. The van der Waals surface area contributed by atoms with Gasteiger partial charge in [-0.2, -0.15) is 0 Å². The summed E-state index contributed by atoms with van der Waals surface area (Å²) in [5.41, 5.74) is 0. The van der Waals surface area contributed by atoms with Crippen LogP contribution in [0.3, 0.4) is 0 Å². The maximum atomic E-state index is 10.9. The highest BCUT2D eigenvalue weighted by molar-refractivity contribution is 5.69. The fourth-order valence-corrected chi connectivity index (χ4v) is 0.320. The fourth-order valence-electron chi connectivity index (χ4n) is 0.320. The van der Waals surface area contributed by atoms with Crippen LogP contribution < -0.4 is 0 Å². The van der Waals surface area contributed by atoms with Crippen molar-refractivity contribution in [2.75, 3.05) is 26.9 Å². The molecule has 0 aliphatic heterocycles. The van der Waals surface area contributed by atoms with Gasteiger partial charge in [0.15, 0.2) is 0 Å². The molecule has 0 fully saturated rings. The smallest absolute Gasteiger partial charge is 0.374 e. The van der Waals surface area contributed by atoms with E-state index >= 15 is 0 Å². The Morgan fingerprint density at radius 1 is 1.50 bits per heavy atom. The topological polar surface area (TPSA) is 44.8 Å². The summed E-state index contributed by atoms with van der Waals surface area (Å²) in [5, 5.41) is 0. The van der Waals surface area contributed by atoms with Gasteiger partial charge < -0.3 is 9.47 Å². The monoisotopic (exact) mass is 152 g/mol. The van der Waals surface area contributed by atoms with E-state index in [-0.39, 0.29) is 13.2 Å². The second-order valence-corrected chi connectivity index (χ2v) is 1.49. The maximum absolute atomic E-state index is 10.9. The largest absolute Gasteiger partial charge is 0.382 e. The van der Waals surface area contributed by atoms with Crippen molar-refractivity contribution in [3.8, 4) is 0 Å². The molecule has 10 heavy (non-hydrogen) atoms. The molecule has 0 heterocycles. The summed E-state index contributed by atoms with van der Waals surface area (Å²) in [6.45, 7) is 0.255. The summed E-state index contributed by atoms with van der Waals surface area (Å²) in [7, 11) is 1.50. The van der Waals surface area contributed by atoms with Crippen molar-refractivity contribution < 1.29 is 23.7 Å². The first-order chi connectivity index (χ1) is 4.81. The van der Waals surface area contributed by atoms with Gasteiger partial charge in [0.1, 0.15) is 6.61 Å². The molecule has 0 aromatic carbocycles. The van der Waals surface area contributed by atoms with Gasteiger partial charge in [0, 0.05) is 11.6 Å². The number of hydrogen-bond acceptors (Lipinski definition) is 4. The van der Waals surface area contributed by atoms with Gasteiger partial charge in [-0.3, -0.25) is 4.94 Å². The van der Waals surface area contributed by atoms with Crippen molar-refractivity contribution in [1.29, 1.82) is 0 Å². The third kappa shape index (κ3) is 5.46.